The lowest BCUT2D eigenvalue weighted by Crippen LogP contribution is -1.84. The standard InChI is InChI=1S/C34H20N6O6/c35-19-9-21-27(12-25(19)41)43-31(37-21)15-1-5-17(6-2-15)33-39-23-11-24-30(14-29(23)45-33)46-34(40-24)18-7-3-16(4-8-18)32-38-22-10-20(36)26(42)13-28(22)44-32/h1-14,41-42H,35-36H2. The van der Waals surface area contributed by atoms with Gasteiger partial charge in [0, 0.05) is 40.5 Å². The fraction of sp³-hybridized carbons (Fsp3) is 0. The molecule has 222 valence electrons. The molecule has 6 N–H and O–H groups in total. The number of phenols is 2. The zero-order valence-electron chi connectivity index (χ0n) is 23.6. The molecule has 0 aliphatic heterocycles. The first kappa shape index (κ1) is 25.7. The predicted octanol–water partition coefficient (Wildman–Crippen LogP) is 7.50. The van der Waals surface area contributed by atoms with Crippen LogP contribution in [0.2, 0.25) is 0 Å². The van der Waals surface area contributed by atoms with Gasteiger partial charge in [0.05, 0.1) is 11.4 Å². The van der Waals surface area contributed by atoms with E-state index in [9.17, 15) is 10.2 Å². The van der Waals surface area contributed by atoms with Gasteiger partial charge in [-0.1, -0.05) is 0 Å². The number of hydrogen-bond donors (Lipinski definition) is 4. The maximum atomic E-state index is 9.86. The Morgan fingerprint density at radius 1 is 0.391 bits per heavy atom. The van der Waals surface area contributed by atoms with Crippen molar-refractivity contribution in [2.75, 3.05) is 11.5 Å². The summed E-state index contributed by atoms with van der Waals surface area (Å²) in [5.41, 5.74) is 19.4. The largest absolute Gasteiger partial charge is 0.506 e. The van der Waals surface area contributed by atoms with Crippen LogP contribution in [0.4, 0.5) is 11.4 Å². The average molecular weight is 609 g/mol. The molecule has 0 bridgehead atoms. The molecule has 12 nitrogen and oxygen atoms in total. The van der Waals surface area contributed by atoms with Crippen LogP contribution in [0, 0.1) is 0 Å². The van der Waals surface area contributed by atoms with E-state index in [1.54, 1.807) is 18.2 Å². The van der Waals surface area contributed by atoms with Crippen LogP contribution in [0.5, 0.6) is 11.5 Å². The minimum Gasteiger partial charge on any atom is -0.506 e. The van der Waals surface area contributed by atoms with E-state index in [0.29, 0.717) is 68.0 Å². The van der Waals surface area contributed by atoms with Crippen LogP contribution in [-0.2, 0) is 0 Å². The topological polar surface area (TPSA) is 197 Å². The number of fused-ring (bicyclic) bond motifs is 4. The molecule has 4 aromatic heterocycles. The Kier molecular flexibility index (Phi) is 5.21. The molecule has 9 rings (SSSR count). The molecule has 5 aromatic carbocycles. The van der Waals surface area contributed by atoms with E-state index in [4.69, 9.17) is 29.1 Å². The second-order valence-corrected chi connectivity index (χ2v) is 10.8. The molecule has 46 heavy (non-hydrogen) atoms. The van der Waals surface area contributed by atoms with Crippen LogP contribution in [0.15, 0.2) is 103 Å². The van der Waals surface area contributed by atoms with Gasteiger partial charge in [-0.05, 0) is 66.7 Å². The first-order valence-electron chi connectivity index (χ1n) is 14.1. The molecule has 0 atom stereocenters. The average Bonchev–Trinajstić information content (AvgIpc) is 3.85. The first-order valence-corrected chi connectivity index (χ1v) is 14.1. The fourth-order valence-corrected chi connectivity index (χ4v) is 5.31. The molecule has 4 heterocycles. The Hall–Kier alpha value is -6.82. The van der Waals surface area contributed by atoms with E-state index in [1.807, 2.05) is 54.6 Å². The van der Waals surface area contributed by atoms with E-state index in [2.05, 4.69) is 19.9 Å². The van der Waals surface area contributed by atoms with Gasteiger partial charge in [-0.2, -0.15) is 0 Å². The summed E-state index contributed by atoms with van der Waals surface area (Å²) in [4.78, 5) is 18.3. The Balaban J connectivity index is 0.977. The van der Waals surface area contributed by atoms with E-state index >= 15 is 0 Å². The summed E-state index contributed by atoms with van der Waals surface area (Å²) in [6.45, 7) is 0. The van der Waals surface area contributed by atoms with Crippen molar-refractivity contribution < 1.29 is 27.9 Å². The summed E-state index contributed by atoms with van der Waals surface area (Å²) < 4.78 is 23.8. The van der Waals surface area contributed by atoms with Crippen molar-refractivity contribution in [1.82, 2.24) is 19.9 Å². The van der Waals surface area contributed by atoms with Gasteiger partial charge in [-0.3, -0.25) is 0 Å². The van der Waals surface area contributed by atoms with Crippen molar-refractivity contribution in [3.05, 3.63) is 84.9 Å². The van der Waals surface area contributed by atoms with E-state index in [-0.39, 0.29) is 22.9 Å². The highest BCUT2D eigenvalue weighted by Gasteiger charge is 2.17. The van der Waals surface area contributed by atoms with E-state index < -0.39 is 0 Å². The number of aromatic nitrogens is 4. The molecule has 0 radical (unpaired) electrons. The van der Waals surface area contributed by atoms with Gasteiger partial charge in [-0.15, -0.1) is 0 Å². The quantitative estimate of drug-likeness (QED) is 0.114. The smallest absolute Gasteiger partial charge is 0.227 e. The van der Waals surface area contributed by atoms with Gasteiger partial charge in [0.2, 0.25) is 23.6 Å². The summed E-state index contributed by atoms with van der Waals surface area (Å²) in [7, 11) is 0. The van der Waals surface area contributed by atoms with Crippen molar-refractivity contribution in [1.29, 1.82) is 0 Å². The Morgan fingerprint density at radius 2 is 0.674 bits per heavy atom. The molecule has 0 saturated carbocycles. The summed E-state index contributed by atoms with van der Waals surface area (Å²) >= 11 is 0. The Labute approximate surface area is 257 Å². The van der Waals surface area contributed by atoms with Crippen molar-refractivity contribution in [2.24, 2.45) is 0 Å². The fourth-order valence-electron chi connectivity index (χ4n) is 5.31. The number of anilines is 2. The number of nitrogens with two attached hydrogens (primary N) is 2. The summed E-state index contributed by atoms with van der Waals surface area (Å²) in [5, 5.41) is 19.7. The van der Waals surface area contributed by atoms with Crippen LogP contribution in [0.3, 0.4) is 0 Å². The van der Waals surface area contributed by atoms with Crippen LogP contribution in [0.1, 0.15) is 0 Å². The number of benzene rings is 5. The molecule has 12 heteroatoms. The highest BCUT2D eigenvalue weighted by molar-refractivity contribution is 5.91. The predicted molar refractivity (Wildman–Crippen MR) is 171 cm³/mol. The van der Waals surface area contributed by atoms with Crippen LogP contribution < -0.4 is 11.5 Å². The number of nitrogens with zero attached hydrogens (tertiary/aromatic N) is 4. The molecule has 0 aliphatic carbocycles. The van der Waals surface area contributed by atoms with Gasteiger partial charge in [0.25, 0.3) is 0 Å². The van der Waals surface area contributed by atoms with Crippen molar-refractivity contribution >= 4 is 55.8 Å². The van der Waals surface area contributed by atoms with Gasteiger partial charge >= 0.3 is 0 Å². The van der Waals surface area contributed by atoms with E-state index in [1.165, 1.54) is 12.1 Å². The second-order valence-electron chi connectivity index (χ2n) is 10.8. The second kappa shape index (κ2) is 9.34. The molecular formula is C34H20N6O6. The first-order chi connectivity index (χ1) is 22.3. The third-order valence-corrected chi connectivity index (χ3v) is 7.73. The zero-order valence-corrected chi connectivity index (χ0v) is 23.6. The summed E-state index contributed by atoms with van der Waals surface area (Å²) in [6, 6.07) is 24.5. The van der Waals surface area contributed by atoms with Crippen LogP contribution in [0.25, 0.3) is 90.2 Å². The zero-order chi connectivity index (χ0) is 31.1. The number of rotatable bonds is 4. The molecule has 0 fully saturated rings. The van der Waals surface area contributed by atoms with Crippen molar-refractivity contribution in [2.45, 2.75) is 0 Å². The number of oxazole rings is 4. The van der Waals surface area contributed by atoms with Gasteiger partial charge < -0.3 is 39.3 Å². The van der Waals surface area contributed by atoms with Gasteiger partial charge in [0.1, 0.15) is 33.6 Å². The molecule has 0 spiro atoms. The lowest BCUT2D eigenvalue weighted by molar-refractivity contribution is 0.476. The third kappa shape index (κ3) is 4.08. The van der Waals surface area contributed by atoms with Crippen LogP contribution >= 0.6 is 0 Å². The number of aromatic hydroxyl groups is 2. The molecule has 9 aromatic rings. The SMILES string of the molecule is Nc1cc2nc(-c3ccc(-c4nc5cc6nc(-c7ccc(-c8nc9cc(N)c(O)cc9o8)cc7)oc6cc5o4)cc3)oc2cc1O. The van der Waals surface area contributed by atoms with Crippen molar-refractivity contribution in [3.63, 3.8) is 0 Å². The van der Waals surface area contributed by atoms with Crippen molar-refractivity contribution in [3.8, 4) is 57.3 Å². The number of nitrogen functional groups attached to an aromatic ring is 2. The van der Waals surface area contributed by atoms with Crippen LogP contribution in [-0.4, -0.2) is 30.1 Å². The number of phenolic OH excluding ortho intramolecular Hbond substituents is 2. The Morgan fingerprint density at radius 3 is 1.00 bits per heavy atom. The lowest BCUT2D eigenvalue weighted by Gasteiger charge is -1.98. The highest BCUT2D eigenvalue weighted by Crippen LogP contribution is 2.35. The maximum Gasteiger partial charge on any atom is 0.227 e. The third-order valence-electron chi connectivity index (χ3n) is 7.73. The Bertz CT molecular complexity index is 2320. The minimum atomic E-state index is -0.0539. The molecule has 0 amide bonds. The normalized spacial score (nSPS) is 11.8. The molecule has 0 unspecified atom stereocenters. The minimum absolute atomic E-state index is 0.0539. The monoisotopic (exact) mass is 608 g/mol. The molecule has 0 saturated heterocycles. The summed E-state index contributed by atoms with van der Waals surface area (Å²) in [5.74, 6) is 1.58. The van der Waals surface area contributed by atoms with E-state index in [0.717, 1.165) is 22.3 Å². The van der Waals surface area contributed by atoms with Gasteiger partial charge in [0.15, 0.2) is 22.3 Å². The lowest BCUT2D eigenvalue weighted by atomic mass is 10.1. The number of hydrogen-bond acceptors (Lipinski definition) is 12. The summed E-state index contributed by atoms with van der Waals surface area (Å²) in [6.07, 6.45) is 0. The molecular weight excluding hydrogens is 588 g/mol. The molecule has 0 aliphatic rings. The highest BCUT2D eigenvalue weighted by atomic mass is 16.4. The maximum absolute atomic E-state index is 9.86. The van der Waals surface area contributed by atoms with Gasteiger partial charge in [-0.25, -0.2) is 19.9 Å².